The van der Waals surface area contributed by atoms with Gasteiger partial charge < -0.3 is 54.3 Å². The average molecular weight is 447 g/mol. The largest absolute Gasteiger partial charge is 0.478 e. The lowest BCUT2D eigenvalue weighted by Gasteiger charge is -2.15. The van der Waals surface area contributed by atoms with Crippen molar-refractivity contribution >= 4 is 5.97 Å². The van der Waals surface area contributed by atoms with E-state index in [1.165, 1.54) is 51.0 Å². The van der Waals surface area contributed by atoms with Crippen LogP contribution in [0.2, 0.25) is 0 Å². The molecule has 10 heteroatoms. The number of carboxylic acids is 1. The van der Waals surface area contributed by atoms with Crippen LogP contribution in [-0.2, 0) is 4.79 Å². The molecule has 2 atom stereocenters. The quantitative estimate of drug-likeness (QED) is 0.123. The van der Waals surface area contributed by atoms with Crippen molar-refractivity contribution in [3.05, 3.63) is 11.6 Å². The number of aliphatic carboxylic acids is 1. The van der Waals surface area contributed by atoms with Gasteiger partial charge in [0.15, 0.2) is 0 Å². The van der Waals surface area contributed by atoms with E-state index in [4.69, 9.17) is 5.11 Å². The molecule has 30 heavy (non-hydrogen) atoms. The van der Waals surface area contributed by atoms with Crippen LogP contribution in [0.15, 0.2) is 11.6 Å². The Hall–Kier alpha value is -1.11. The van der Waals surface area contributed by atoms with Gasteiger partial charge in [-0.15, -0.1) is 0 Å². The minimum Gasteiger partial charge on any atom is -0.478 e. The fourth-order valence-electron chi connectivity index (χ4n) is 2.99. The number of carboxylic acid groups (broad SMARTS) is 1. The van der Waals surface area contributed by atoms with E-state index < -0.39 is 5.97 Å². The van der Waals surface area contributed by atoms with Crippen molar-refractivity contribution in [3.8, 4) is 0 Å². The SMILES string of the molecule is C/C(=C\C(=O)O)CCC[C@H](C)CCC[C@H](C)CCCC(C)C.N.N.N.N.N.N.N.N. The van der Waals surface area contributed by atoms with E-state index in [0.29, 0.717) is 0 Å². The molecule has 25 N–H and O–H groups in total. The topological polar surface area (TPSA) is 317 Å². The summed E-state index contributed by atoms with van der Waals surface area (Å²) in [5.41, 5.74) is 0.985. The fraction of sp³-hybridized carbons (Fsp3) is 0.850. The number of hydrogen-bond donors (Lipinski definition) is 9. The van der Waals surface area contributed by atoms with Gasteiger partial charge in [-0.25, -0.2) is 4.79 Å². The second-order valence-electron chi connectivity index (χ2n) is 7.69. The standard InChI is InChI=1S/C20H38O2.8H3N/c1-16(2)9-6-10-17(3)11-7-12-18(4)13-8-14-19(5)15-20(21)22;;;;;;;;/h15-18H,6-14H2,1-5H3,(H,21,22);8*1H3/b19-15+;;;;;;;;/t17-,18-;;;;;;;;/m1......../s1. The van der Waals surface area contributed by atoms with Crippen LogP contribution in [0, 0.1) is 17.8 Å². The molecule has 0 aromatic carbocycles. The Kier molecular flexibility index (Phi) is 66.9. The Morgan fingerprint density at radius 1 is 0.667 bits per heavy atom. The molecule has 194 valence electrons. The lowest BCUT2D eigenvalue weighted by Crippen LogP contribution is -2.00. The van der Waals surface area contributed by atoms with E-state index in [1.54, 1.807) is 0 Å². The van der Waals surface area contributed by atoms with Gasteiger partial charge in [0, 0.05) is 6.08 Å². The van der Waals surface area contributed by atoms with Gasteiger partial charge in [0.1, 0.15) is 0 Å². The van der Waals surface area contributed by atoms with Gasteiger partial charge in [0.05, 0.1) is 0 Å². The molecule has 0 amide bonds. The van der Waals surface area contributed by atoms with E-state index in [9.17, 15) is 4.79 Å². The first-order valence-corrected chi connectivity index (χ1v) is 9.21. The normalized spacial score (nSPS) is 11.1. The summed E-state index contributed by atoms with van der Waals surface area (Å²) < 4.78 is 0. The highest BCUT2D eigenvalue weighted by Crippen LogP contribution is 2.21. The van der Waals surface area contributed by atoms with Crippen molar-refractivity contribution < 1.29 is 9.90 Å². The smallest absolute Gasteiger partial charge is 0.328 e. The van der Waals surface area contributed by atoms with E-state index in [1.807, 2.05) is 6.92 Å². The first kappa shape index (κ1) is 56.8. The van der Waals surface area contributed by atoms with Crippen molar-refractivity contribution in [2.75, 3.05) is 0 Å². The lowest BCUT2D eigenvalue weighted by molar-refractivity contribution is -0.131. The summed E-state index contributed by atoms with van der Waals surface area (Å²) in [6.07, 6.45) is 12.7. The summed E-state index contributed by atoms with van der Waals surface area (Å²) in [5, 5.41) is 8.68. The zero-order valence-corrected chi connectivity index (χ0v) is 21.2. The molecule has 0 unspecified atom stereocenters. The molecule has 0 fully saturated rings. The third kappa shape index (κ3) is 41.3. The first-order chi connectivity index (χ1) is 10.3. The molecule has 0 bridgehead atoms. The van der Waals surface area contributed by atoms with Crippen molar-refractivity contribution in [1.82, 2.24) is 49.2 Å². The molecular formula is C20H62N8O2. The second kappa shape index (κ2) is 35.3. The Bertz CT molecular complexity index is 343. The predicted octanol–water partition coefficient (Wildman–Crippen LogP) is 7.75. The van der Waals surface area contributed by atoms with Crippen LogP contribution < -0.4 is 49.2 Å². The molecule has 10 nitrogen and oxygen atoms in total. The molecule has 0 spiro atoms. The highest BCUT2D eigenvalue weighted by Gasteiger charge is 2.06. The van der Waals surface area contributed by atoms with Crippen LogP contribution in [0.25, 0.3) is 0 Å². The van der Waals surface area contributed by atoms with E-state index in [0.717, 1.165) is 36.2 Å². The average Bonchev–Trinajstić information content (AvgIpc) is 2.37. The van der Waals surface area contributed by atoms with Crippen molar-refractivity contribution in [3.63, 3.8) is 0 Å². The Morgan fingerprint density at radius 3 is 1.33 bits per heavy atom. The van der Waals surface area contributed by atoms with Crippen LogP contribution in [0.3, 0.4) is 0 Å². The third-order valence-corrected chi connectivity index (χ3v) is 4.51. The lowest BCUT2D eigenvalue weighted by atomic mass is 9.91. The van der Waals surface area contributed by atoms with Gasteiger partial charge in [-0.2, -0.15) is 0 Å². The molecule has 0 aliphatic heterocycles. The van der Waals surface area contributed by atoms with Crippen LogP contribution in [0.4, 0.5) is 0 Å². The van der Waals surface area contributed by atoms with Gasteiger partial charge >= 0.3 is 5.97 Å². The molecule has 0 rings (SSSR count). The van der Waals surface area contributed by atoms with Crippen LogP contribution in [-0.4, -0.2) is 11.1 Å². The first-order valence-electron chi connectivity index (χ1n) is 9.21. The molecule has 0 aromatic heterocycles. The summed E-state index contributed by atoms with van der Waals surface area (Å²) in [6.45, 7) is 11.3. The minimum atomic E-state index is -0.822. The summed E-state index contributed by atoms with van der Waals surface area (Å²) in [6, 6.07) is 0. The molecule has 0 saturated heterocycles. The number of hydrogen-bond acceptors (Lipinski definition) is 9. The maximum Gasteiger partial charge on any atom is 0.328 e. The molecule has 0 heterocycles. The zero-order chi connectivity index (χ0) is 17.0. The highest BCUT2D eigenvalue weighted by atomic mass is 16.4. The van der Waals surface area contributed by atoms with Gasteiger partial charge in [0.2, 0.25) is 0 Å². The van der Waals surface area contributed by atoms with E-state index in [2.05, 4.69) is 27.7 Å². The van der Waals surface area contributed by atoms with Gasteiger partial charge in [-0.3, -0.25) is 0 Å². The van der Waals surface area contributed by atoms with Crippen LogP contribution in [0.1, 0.15) is 92.4 Å². The summed E-state index contributed by atoms with van der Waals surface area (Å²) in [7, 11) is 0. The molecule has 0 aromatic rings. The van der Waals surface area contributed by atoms with E-state index >= 15 is 0 Å². The Labute approximate surface area is 187 Å². The van der Waals surface area contributed by atoms with Crippen molar-refractivity contribution in [2.45, 2.75) is 92.4 Å². The van der Waals surface area contributed by atoms with E-state index in [-0.39, 0.29) is 49.2 Å². The second-order valence-corrected chi connectivity index (χ2v) is 7.69. The minimum absolute atomic E-state index is 0. The maximum absolute atomic E-state index is 10.5. The van der Waals surface area contributed by atoms with Gasteiger partial charge in [-0.1, -0.05) is 78.2 Å². The molecule has 0 saturated carbocycles. The fourth-order valence-corrected chi connectivity index (χ4v) is 2.99. The third-order valence-electron chi connectivity index (χ3n) is 4.51. The Morgan fingerprint density at radius 2 is 1.00 bits per heavy atom. The van der Waals surface area contributed by atoms with Gasteiger partial charge in [-0.05, 0) is 37.5 Å². The van der Waals surface area contributed by atoms with Gasteiger partial charge in [0.25, 0.3) is 0 Å². The monoisotopic (exact) mass is 446 g/mol. The molecular weight excluding hydrogens is 384 g/mol. The van der Waals surface area contributed by atoms with Crippen molar-refractivity contribution in [1.29, 1.82) is 0 Å². The molecule has 0 aliphatic carbocycles. The van der Waals surface area contributed by atoms with Crippen LogP contribution >= 0.6 is 0 Å². The summed E-state index contributed by atoms with van der Waals surface area (Å²) in [5.74, 6) is 1.65. The Balaban J connectivity index is -0.0000000787. The predicted molar refractivity (Wildman–Crippen MR) is 136 cm³/mol. The zero-order valence-electron chi connectivity index (χ0n) is 21.2. The number of carbonyl (C=O) groups is 1. The molecule has 0 aliphatic rings. The highest BCUT2D eigenvalue weighted by molar-refractivity contribution is 5.80. The van der Waals surface area contributed by atoms with Crippen LogP contribution in [0.5, 0.6) is 0 Å². The number of allylic oxidation sites excluding steroid dienone is 1. The molecule has 0 radical (unpaired) electrons. The summed E-state index contributed by atoms with van der Waals surface area (Å²) in [4.78, 5) is 10.5. The number of rotatable bonds is 13. The maximum atomic E-state index is 10.5. The van der Waals surface area contributed by atoms with Crippen molar-refractivity contribution in [2.24, 2.45) is 17.8 Å². The summed E-state index contributed by atoms with van der Waals surface area (Å²) >= 11 is 0.